The first-order chi connectivity index (χ1) is 8.76. The molecule has 0 atom stereocenters. The van der Waals surface area contributed by atoms with Gasteiger partial charge in [0, 0.05) is 18.8 Å². The van der Waals surface area contributed by atoms with Crippen LogP contribution in [0.4, 0.5) is 5.82 Å². The number of rotatable bonds is 6. The van der Waals surface area contributed by atoms with Crippen LogP contribution in [0.1, 0.15) is 42.4 Å². The number of carboxylic acid groups (broad SMARTS) is 1. The fraction of sp³-hybridized carbons (Fsp3) is 0.571. The topological polar surface area (TPSA) is 71.5 Å². The van der Waals surface area contributed by atoms with E-state index in [4.69, 9.17) is 4.74 Å². The molecule has 2 N–H and O–H groups in total. The van der Waals surface area contributed by atoms with Crippen LogP contribution in [-0.2, 0) is 4.74 Å². The minimum atomic E-state index is -0.971. The lowest BCUT2D eigenvalue weighted by Crippen LogP contribution is -2.34. The van der Waals surface area contributed by atoms with Gasteiger partial charge in [0.1, 0.15) is 11.4 Å². The Morgan fingerprint density at radius 3 is 2.63 bits per heavy atom. The highest BCUT2D eigenvalue weighted by molar-refractivity contribution is 5.94. The van der Waals surface area contributed by atoms with E-state index in [1.54, 1.807) is 13.0 Å². The summed E-state index contributed by atoms with van der Waals surface area (Å²) in [6, 6.07) is 1.77. The number of hydrogen-bond donors (Lipinski definition) is 2. The average Bonchev–Trinajstić information content (AvgIpc) is 2.24. The second-order valence-corrected chi connectivity index (χ2v) is 5.16. The highest BCUT2D eigenvalue weighted by Crippen LogP contribution is 2.20. The van der Waals surface area contributed by atoms with Crippen molar-refractivity contribution in [1.82, 2.24) is 4.98 Å². The largest absolute Gasteiger partial charge is 0.478 e. The van der Waals surface area contributed by atoms with Crippen molar-refractivity contribution in [2.24, 2.45) is 0 Å². The molecule has 0 spiro atoms. The summed E-state index contributed by atoms with van der Waals surface area (Å²) in [6.07, 6.45) is 0. The van der Waals surface area contributed by atoms with E-state index < -0.39 is 5.97 Å². The summed E-state index contributed by atoms with van der Waals surface area (Å²) < 4.78 is 5.57. The van der Waals surface area contributed by atoms with E-state index in [1.165, 1.54) is 0 Å². The lowest BCUT2D eigenvalue weighted by atomic mass is 10.1. The van der Waals surface area contributed by atoms with Gasteiger partial charge in [-0.15, -0.1) is 0 Å². The van der Waals surface area contributed by atoms with Gasteiger partial charge in [-0.3, -0.25) is 0 Å². The van der Waals surface area contributed by atoms with Crippen molar-refractivity contribution < 1.29 is 14.6 Å². The molecule has 0 radical (unpaired) electrons. The molecule has 1 rings (SSSR count). The summed E-state index contributed by atoms with van der Waals surface area (Å²) in [4.78, 5) is 15.6. The van der Waals surface area contributed by atoms with Crippen LogP contribution in [0.3, 0.4) is 0 Å². The van der Waals surface area contributed by atoms with Crippen LogP contribution in [0.5, 0.6) is 0 Å². The van der Waals surface area contributed by atoms with Crippen LogP contribution in [-0.4, -0.2) is 34.8 Å². The van der Waals surface area contributed by atoms with Gasteiger partial charge in [-0.1, -0.05) is 0 Å². The first-order valence-electron chi connectivity index (χ1n) is 6.36. The Hall–Kier alpha value is -1.62. The number of hydrogen-bond acceptors (Lipinski definition) is 4. The fourth-order valence-corrected chi connectivity index (χ4v) is 1.97. The number of pyridine rings is 1. The highest BCUT2D eigenvalue weighted by atomic mass is 16.5. The van der Waals surface area contributed by atoms with Gasteiger partial charge in [0.2, 0.25) is 0 Å². The number of ether oxygens (including phenoxy) is 1. The number of nitrogens with zero attached hydrogens (tertiary/aromatic N) is 1. The third-order valence-corrected chi connectivity index (χ3v) is 2.78. The van der Waals surface area contributed by atoms with Crippen molar-refractivity contribution in [2.75, 3.05) is 18.5 Å². The van der Waals surface area contributed by atoms with E-state index >= 15 is 0 Å². The van der Waals surface area contributed by atoms with Gasteiger partial charge < -0.3 is 15.2 Å². The molecule has 0 bridgehead atoms. The van der Waals surface area contributed by atoms with Gasteiger partial charge in [-0.2, -0.15) is 0 Å². The Morgan fingerprint density at radius 2 is 2.11 bits per heavy atom. The number of nitrogens with one attached hydrogen (secondary N) is 1. The lowest BCUT2D eigenvalue weighted by Gasteiger charge is -2.25. The molecule has 0 aromatic carbocycles. The zero-order chi connectivity index (χ0) is 14.6. The first kappa shape index (κ1) is 15.4. The lowest BCUT2D eigenvalue weighted by molar-refractivity contribution is 0.000597. The van der Waals surface area contributed by atoms with E-state index in [2.05, 4.69) is 10.3 Å². The third-order valence-electron chi connectivity index (χ3n) is 2.78. The standard InChI is InChI=1S/C14H22N2O3/c1-6-19-14(4,5)8-15-12-11(13(17)18)9(2)7-10(3)16-12/h7H,6,8H2,1-5H3,(H,15,16)(H,17,18). The smallest absolute Gasteiger partial charge is 0.339 e. The average molecular weight is 266 g/mol. The van der Waals surface area contributed by atoms with Crippen LogP contribution in [0, 0.1) is 13.8 Å². The van der Waals surface area contributed by atoms with Crippen molar-refractivity contribution in [1.29, 1.82) is 0 Å². The number of carboxylic acids is 1. The molecule has 106 valence electrons. The molecule has 0 aliphatic rings. The molecular weight excluding hydrogens is 244 g/mol. The minimum Gasteiger partial charge on any atom is -0.478 e. The minimum absolute atomic E-state index is 0.220. The predicted octanol–water partition coefficient (Wildman–Crippen LogP) is 2.62. The van der Waals surface area contributed by atoms with Gasteiger partial charge in [0.25, 0.3) is 0 Å². The predicted molar refractivity (Wildman–Crippen MR) is 74.9 cm³/mol. The Bertz CT molecular complexity index is 470. The molecule has 0 unspecified atom stereocenters. The fourth-order valence-electron chi connectivity index (χ4n) is 1.97. The van der Waals surface area contributed by atoms with Gasteiger partial charge >= 0.3 is 5.97 Å². The molecule has 1 heterocycles. The van der Waals surface area contributed by atoms with E-state index in [1.807, 2.05) is 27.7 Å². The van der Waals surface area contributed by atoms with Crippen LogP contribution in [0.2, 0.25) is 0 Å². The van der Waals surface area contributed by atoms with E-state index in [0.29, 0.717) is 24.5 Å². The van der Waals surface area contributed by atoms with Crippen molar-refractivity contribution in [3.63, 3.8) is 0 Å². The van der Waals surface area contributed by atoms with E-state index in [9.17, 15) is 9.90 Å². The summed E-state index contributed by atoms with van der Waals surface area (Å²) >= 11 is 0. The van der Waals surface area contributed by atoms with Gasteiger partial charge in [-0.25, -0.2) is 9.78 Å². The molecule has 0 fully saturated rings. The molecular formula is C14H22N2O3. The van der Waals surface area contributed by atoms with Crippen molar-refractivity contribution >= 4 is 11.8 Å². The summed E-state index contributed by atoms with van der Waals surface area (Å²) in [5.74, 6) is -0.570. The van der Waals surface area contributed by atoms with Crippen molar-refractivity contribution in [3.05, 3.63) is 22.9 Å². The van der Waals surface area contributed by atoms with Crippen LogP contribution in [0.25, 0.3) is 0 Å². The normalized spacial score (nSPS) is 11.4. The van der Waals surface area contributed by atoms with Gasteiger partial charge in [0.15, 0.2) is 0 Å². The Morgan fingerprint density at radius 1 is 1.47 bits per heavy atom. The van der Waals surface area contributed by atoms with E-state index in [-0.39, 0.29) is 11.2 Å². The molecule has 1 aromatic rings. The highest BCUT2D eigenvalue weighted by Gasteiger charge is 2.21. The molecule has 5 nitrogen and oxygen atoms in total. The van der Waals surface area contributed by atoms with E-state index in [0.717, 1.165) is 5.69 Å². The Labute approximate surface area is 114 Å². The molecule has 0 aliphatic carbocycles. The number of aromatic carboxylic acids is 1. The monoisotopic (exact) mass is 266 g/mol. The van der Waals surface area contributed by atoms with Gasteiger partial charge in [0.05, 0.1) is 5.60 Å². The summed E-state index contributed by atoms with van der Waals surface area (Å²) in [7, 11) is 0. The maximum absolute atomic E-state index is 11.3. The van der Waals surface area contributed by atoms with Gasteiger partial charge in [-0.05, 0) is 46.2 Å². The number of carbonyl (C=O) groups is 1. The maximum atomic E-state index is 11.3. The SMILES string of the molecule is CCOC(C)(C)CNc1nc(C)cc(C)c1C(=O)O. The summed E-state index contributed by atoms with van der Waals surface area (Å²) in [5, 5.41) is 12.3. The molecule has 0 aliphatic heterocycles. The second-order valence-electron chi connectivity index (χ2n) is 5.16. The maximum Gasteiger partial charge on any atom is 0.339 e. The zero-order valence-electron chi connectivity index (χ0n) is 12.2. The quantitative estimate of drug-likeness (QED) is 0.828. The van der Waals surface area contributed by atoms with Crippen molar-refractivity contribution in [2.45, 2.75) is 40.2 Å². The van der Waals surface area contributed by atoms with Crippen LogP contribution in [0.15, 0.2) is 6.07 Å². The molecule has 5 heteroatoms. The second kappa shape index (κ2) is 6.02. The number of aryl methyl sites for hydroxylation is 2. The first-order valence-corrected chi connectivity index (χ1v) is 6.36. The zero-order valence-corrected chi connectivity index (χ0v) is 12.2. The third kappa shape index (κ3) is 4.21. The number of anilines is 1. The molecule has 0 amide bonds. The summed E-state index contributed by atoms with van der Waals surface area (Å²) in [6.45, 7) is 10.6. The Kier molecular flexibility index (Phi) is 4.89. The summed E-state index contributed by atoms with van der Waals surface area (Å²) in [5.41, 5.74) is 1.35. The Balaban J connectivity index is 2.97. The molecule has 1 aromatic heterocycles. The number of aromatic nitrogens is 1. The molecule has 0 saturated carbocycles. The molecule has 19 heavy (non-hydrogen) atoms. The van der Waals surface area contributed by atoms with Crippen LogP contribution < -0.4 is 5.32 Å². The van der Waals surface area contributed by atoms with Crippen molar-refractivity contribution in [3.8, 4) is 0 Å². The molecule has 0 saturated heterocycles. The van der Waals surface area contributed by atoms with Crippen LogP contribution >= 0.6 is 0 Å².